The summed E-state index contributed by atoms with van der Waals surface area (Å²) in [6.07, 6.45) is 66.7. The molecular weight excluding hydrogens is 791 g/mol. The van der Waals surface area contributed by atoms with Crippen LogP contribution in [0.4, 0.5) is 0 Å². The lowest BCUT2D eigenvalue weighted by Gasteiger charge is -2.22. The summed E-state index contributed by atoms with van der Waals surface area (Å²) >= 11 is 0. The van der Waals surface area contributed by atoms with Gasteiger partial charge in [-0.25, -0.2) is 0 Å². The minimum absolute atomic E-state index is 0.0247. The second-order valence-corrected chi connectivity index (χ2v) is 18.9. The van der Waals surface area contributed by atoms with E-state index in [-0.39, 0.29) is 18.5 Å². The molecule has 0 heterocycles. The van der Waals surface area contributed by atoms with Gasteiger partial charge >= 0.3 is 5.97 Å². The zero-order chi connectivity index (χ0) is 46.5. The highest BCUT2D eigenvalue weighted by molar-refractivity contribution is 5.76. The molecule has 0 aliphatic heterocycles. The Morgan fingerprint density at radius 2 is 0.797 bits per heavy atom. The lowest BCUT2D eigenvalue weighted by Crippen LogP contribution is -2.45. The number of rotatable bonds is 51. The smallest absolute Gasteiger partial charge is 0.305 e. The summed E-state index contributed by atoms with van der Waals surface area (Å²) in [6, 6.07) is -0.587. The number of ether oxygens (including phenoxy) is 1. The van der Waals surface area contributed by atoms with Crippen molar-refractivity contribution in [2.45, 2.75) is 296 Å². The first-order valence-electron chi connectivity index (χ1n) is 27.9. The molecule has 0 aromatic rings. The zero-order valence-corrected chi connectivity index (χ0v) is 42.5. The highest BCUT2D eigenvalue weighted by Crippen LogP contribution is 2.16. The molecule has 1 amide bonds. The van der Waals surface area contributed by atoms with Crippen molar-refractivity contribution < 1.29 is 24.5 Å². The molecule has 0 aromatic carbocycles. The van der Waals surface area contributed by atoms with E-state index >= 15 is 0 Å². The van der Waals surface area contributed by atoms with E-state index in [4.69, 9.17) is 4.74 Å². The van der Waals surface area contributed by atoms with E-state index in [1.165, 1.54) is 186 Å². The summed E-state index contributed by atoms with van der Waals surface area (Å²) in [4.78, 5) is 24.5. The van der Waals surface area contributed by atoms with Crippen LogP contribution in [0.5, 0.6) is 0 Å². The summed E-state index contributed by atoms with van der Waals surface area (Å²) in [6.45, 7) is 4.87. The molecule has 0 aromatic heterocycles. The van der Waals surface area contributed by atoms with Crippen molar-refractivity contribution in [1.29, 1.82) is 0 Å². The van der Waals surface area contributed by atoms with Gasteiger partial charge < -0.3 is 20.3 Å². The zero-order valence-electron chi connectivity index (χ0n) is 42.5. The normalized spacial score (nSPS) is 13.0. The third kappa shape index (κ3) is 49.3. The van der Waals surface area contributed by atoms with E-state index in [0.29, 0.717) is 32.3 Å². The van der Waals surface area contributed by atoms with Crippen molar-refractivity contribution in [2.75, 3.05) is 13.2 Å². The molecule has 0 aliphatic carbocycles. The van der Waals surface area contributed by atoms with Gasteiger partial charge in [0.05, 0.1) is 25.4 Å². The van der Waals surface area contributed by atoms with Crippen LogP contribution >= 0.6 is 0 Å². The van der Waals surface area contributed by atoms with Crippen LogP contribution in [0.3, 0.4) is 0 Å². The lowest BCUT2D eigenvalue weighted by atomic mass is 10.0. The quantitative estimate of drug-likeness (QED) is 0.0321. The molecule has 0 aliphatic rings. The number of unbranched alkanes of at least 4 members (excludes halogenated alkanes) is 32. The van der Waals surface area contributed by atoms with Crippen LogP contribution in [0.15, 0.2) is 48.6 Å². The molecule has 0 rings (SSSR count). The van der Waals surface area contributed by atoms with E-state index in [0.717, 1.165) is 57.8 Å². The number of esters is 1. The van der Waals surface area contributed by atoms with Crippen LogP contribution in [0.25, 0.3) is 0 Å². The van der Waals surface area contributed by atoms with Gasteiger partial charge in [-0.3, -0.25) is 9.59 Å². The Kier molecular flexibility index (Phi) is 51.6. The van der Waals surface area contributed by atoms with Crippen molar-refractivity contribution in [3.8, 4) is 0 Å². The van der Waals surface area contributed by atoms with Crippen LogP contribution in [0.1, 0.15) is 284 Å². The minimum Gasteiger partial charge on any atom is -0.466 e. The molecular formula is C58H107NO5. The number of hydrogen-bond donors (Lipinski definition) is 3. The topological polar surface area (TPSA) is 95.9 Å². The first-order valence-corrected chi connectivity index (χ1v) is 27.9. The van der Waals surface area contributed by atoms with E-state index in [1.807, 2.05) is 6.08 Å². The molecule has 6 nitrogen and oxygen atoms in total. The van der Waals surface area contributed by atoms with Crippen LogP contribution in [-0.2, 0) is 14.3 Å². The van der Waals surface area contributed by atoms with Gasteiger partial charge in [-0.15, -0.1) is 0 Å². The average molecular weight is 898 g/mol. The summed E-state index contributed by atoms with van der Waals surface area (Å²) in [7, 11) is 0. The predicted molar refractivity (Wildman–Crippen MR) is 278 cm³/mol. The number of carbonyl (C=O) groups excluding carboxylic acids is 2. The van der Waals surface area contributed by atoms with Crippen molar-refractivity contribution in [2.24, 2.45) is 0 Å². The molecule has 0 fully saturated rings. The van der Waals surface area contributed by atoms with Gasteiger partial charge in [0.1, 0.15) is 0 Å². The van der Waals surface area contributed by atoms with Crippen molar-refractivity contribution in [1.82, 2.24) is 5.32 Å². The Hall–Kier alpha value is -2.18. The number of amides is 1. The molecule has 2 unspecified atom stereocenters. The summed E-state index contributed by atoms with van der Waals surface area (Å²) in [5, 5.41) is 23.2. The molecule has 64 heavy (non-hydrogen) atoms. The fraction of sp³-hybridized carbons (Fsp3) is 0.828. The molecule has 2 atom stereocenters. The Bertz CT molecular complexity index is 1080. The van der Waals surface area contributed by atoms with Crippen LogP contribution in [-0.4, -0.2) is 47.4 Å². The molecule has 0 spiro atoms. The maximum absolute atomic E-state index is 12.4. The van der Waals surface area contributed by atoms with Gasteiger partial charge in [0.2, 0.25) is 5.91 Å². The predicted octanol–water partition coefficient (Wildman–Crippen LogP) is 17.0. The van der Waals surface area contributed by atoms with Crippen LogP contribution in [0, 0.1) is 0 Å². The fourth-order valence-corrected chi connectivity index (χ4v) is 8.31. The van der Waals surface area contributed by atoms with E-state index < -0.39 is 12.1 Å². The largest absolute Gasteiger partial charge is 0.466 e. The number of carbonyl (C=O) groups is 2. The minimum atomic E-state index is -0.700. The van der Waals surface area contributed by atoms with Crippen molar-refractivity contribution in [3.63, 3.8) is 0 Å². The van der Waals surface area contributed by atoms with Gasteiger partial charge in [0, 0.05) is 12.8 Å². The summed E-state index contributed by atoms with van der Waals surface area (Å²) < 4.78 is 5.46. The molecule has 6 heteroatoms. The third-order valence-corrected chi connectivity index (χ3v) is 12.6. The number of nitrogens with one attached hydrogen (secondary N) is 1. The maximum Gasteiger partial charge on any atom is 0.305 e. The summed E-state index contributed by atoms with van der Waals surface area (Å²) in [5.74, 6) is -0.141. The standard InChI is InChI=1S/C58H107NO5/c1-3-5-7-9-11-13-15-17-19-21-22-24-28-32-36-40-44-48-52-58(63)64-53-49-45-41-37-33-29-25-27-31-35-39-43-47-51-57(62)59-55(54-60)56(61)50-46-42-38-34-30-26-23-20-18-16-14-12-10-8-6-4-2/h13,15,19,21,27,31,39,43,55-56,60-61H,3-12,14,16-18,20,22-26,28-30,32-38,40-42,44-54H2,1-2H3,(H,59,62)/b15-13-,21-19-,31-27-,43-39-. The van der Waals surface area contributed by atoms with Gasteiger partial charge in [-0.05, 0) is 77.0 Å². The first-order chi connectivity index (χ1) is 31.5. The molecule has 0 saturated heterocycles. The second kappa shape index (κ2) is 53.4. The number of aliphatic hydroxyl groups is 2. The number of hydrogen-bond acceptors (Lipinski definition) is 5. The first kappa shape index (κ1) is 61.8. The van der Waals surface area contributed by atoms with Gasteiger partial charge in [-0.2, -0.15) is 0 Å². The monoisotopic (exact) mass is 898 g/mol. The van der Waals surface area contributed by atoms with E-state index in [1.54, 1.807) is 0 Å². The summed E-state index contributed by atoms with van der Waals surface area (Å²) in [5.41, 5.74) is 0. The molecule has 0 radical (unpaired) electrons. The second-order valence-electron chi connectivity index (χ2n) is 18.9. The van der Waals surface area contributed by atoms with Crippen molar-refractivity contribution >= 4 is 11.9 Å². The molecule has 0 saturated carbocycles. The molecule has 0 bridgehead atoms. The third-order valence-electron chi connectivity index (χ3n) is 12.6. The van der Waals surface area contributed by atoms with Gasteiger partial charge in [-0.1, -0.05) is 242 Å². The van der Waals surface area contributed by atoms with Gasteiger partial charge in [0.15, 0.2) is 0 Å². The average Bonchev–Trinajstić information content (AvgIpc) is 3.29. The Labute approximate surface area is 397 Å². The molecule has 374 valence electrons. The Morgan fingerprint density at radius 3 is 1.23 bits per heavy atom. The van der Waals surface area contributed by atoms with Crippen molar-refractivity contribution in [3.05, 3.63) is 48.6 Å². The highest BCUT2D eigenvalue weighted by atomic mass is 16.5. The van der Waals surface area contributed by atoms with Crippen LogP contribution < -0.4 is 5.32 Å². The highest BCUT2D eigenvalue weighted by Gasteiger charge is 2.19. The van der Waals surface area contributed by atoms with Crippen LogP contribution in [0.2, 0.25) is 0 Å². The fourth-order valence-electron chi connectivity index (χ4n) is 8.31. The maximum atomic E-state index is 12.4. The van der Waals surface area contributed by atoms with E-state index in [2.05, 4.69) is 61.7 Å². The lowest BCUT2D eigenvalue weighted by molar-refractivity contribution is -0.143. The molecule has 3 N–H and O–H groups in total. The number of aliphatic hydroxyl groups excluding tert-OH is 2. The Morgan fingerprint density at radius 1 is 0.438 bits per heavy atom. The Balaban J connectivity index is 3.54. The van der Waals surface area contributed by atoms with E-state index in [9.17, 15) is 19.8 Å². The number of allylic oxidation sites excluding steroid dienone is 8. The SMILES string of the molecule is CCCCCC/C=C\C/C=C\CCCCCCCCCC(=O)OCCCCCCCC/C=C\C/C=C\CCC(=O)NC(CO)C(O)CCCCCCCCCCCCCCCCCC. The van der Waals surface area contributed by atoms with Gasteiger partial charge in [0.25, 0.3) is 0 Å².